The summed E-state index contributed by atoms with van der Waals surface area (Å²) in [7, 11) is 0. The lowest BCUT2D eigenvalue weighted by Gasteiger charge is -2.20. The van der Waals surface area contributed by atoms with Crippen molar-refractivity contribution in [2.45, 2.75) is 31.7 Å². The third-order valence-electron chi connectivity index (χ3n) is 2.89. The number of benzene rings is 1. The van der Waals surface area contributed by atoms with Crippen LogP contribution in [0.15, 0.2) is 12.1 Å². The van der Waals surface area contributed by atoms with Crippen molar-refractivity contribution in [1.29, 1.82) is 0 Å². The third kappa shape index (κ3) is 1.44. The predicted octanol–water partition coefficient (Wildman–Crippen LogP) is 3.67. The predicted molar refractivity (Wildman–Crippen MR) is 61.0 cm³/mol. The fourth-order valence-electron chi connectivity index (χ4n) is 2.36. The second-order valence-electron chi connectivity index (χ2n) is 4.55. The standard InChI is InChI=1S/C11H13Cl2N/c1-11(2)5-9(14)7-3-6(12)4-8(13)10(7)11/h3-4,9H,5,14H2,1-2H3. The second-order valence-corrected chi connectivity index (χ2v) is 5.39. The Morgan fingerprint density at radius 1 is 1.36 bits per heavy atom. The van der Waals surface area contributed by atoms with E-state index >= 15 is 0 Å². The number of fused-ring (bicyclic) bond motifs is 1. The normalized spacial score (nSPS) is 23.6. The number of hydrogen-bond donors (Lipinski definition) is 1. The maximum Gasteiger partial charge on any atom is 0.0461 e. The lowest BCUT2D eigenvalue weighted by molar-refractivity contribution is 0.481. The largest absolute Gasteiger partial charge is 0.324 e. The first kappa shape index (κ1) is 10.3. The molecule has 1 atom stereocenters. The van der Waals surface area contributed by atoms with Gasteiger partial charge in [-0.25, -0.2) is 0 Å². The highest BCUT2D eigenvalue weighted by atomic mass is 35.5. The van der Waals surface area contributed by atoms with Gasteiger partial charge in [-0.3, -0.25) is 0 Å². The van der Waals surface area contributed by atoms with Gasteiger partial charge < -0.3 is 5.73 Å². The van der Waals surface area contributed by atoms with Crippen LogP contribution in [0.2, 0.25) is 10.0 Å². The number of rotatable bonds is 0. The molecule has 1 aromatic carbocycles. The second kappa shape index (κ2) is 3.13. The molecule has 0 heterocycles. The Morgan fingerprint density at radius 3 is 2.64 bits per heavy atom. The quantitative estimate of drug-likeness (QED) is 0.722. The van der Waals surface area contributed by atoms with E-state index in [4.69, 9.17) is 28.9 Å². The molecule has 3 heteroatoms. The van der Waals surface area contributed by atoms with E-state index < -0.39 is 0 Å². The highest BCUT2D eigenvalue weighted by Gasteiger charge is 2.36. The van der Waals surface area contributed by atoms with Crippen molar-refractivity contribution in [3.05, 3.63) is 33.3 Å². The molecule has 76 valence electrons. The van der Waals surface area contributed by atoms with Crippen LogP contribution in [0.5, 0.6) is 0 Å². The van der Waals surface area contributed by atoms with E-state index in [2.05, 4.69) is 13.8 Å². The Hall–Kier alpha value is -0.240. The minimum absolute atomic E-state index is 0.0659. The average Bonchev–Trinajstić information content (AvgIpc) is 2.21. The van der Waals surface area contributed by atoms with Gasteiger partial charge in [-0.1, -0.05) is 37.0 Å². The molecule has 0 fully saturated rings. The average molecular weight is 230 g/mol. The van der Waals surface area contributed by atoms with E-state index in [1.54, 1.807) is 6.07 Å². The van der Waals surface area contributed by atoms with Crippen molar-refractivity contribution in [2.75, 3.05) is 0 Å². The first-order valence-corrected chi connectivity index (χ1v) is 5.42. The molecule has 0 aromatic heterocycles. The molecule has 1 aromatic rings. The molecular weight excluding hydrogens is 217 g/mol. The van der Waals surface area contributed by atoms with Crippen LogP contribution in [0.1, 0.15) is 37.4 Å². The van der Waals surface area contributed by atoms with Crippen molar-refractivity contribution in [2.24, 2.45) is 5.73 Å². The van der Waals surface area contributed by atoms with Gasteiger partial charge in [0.1, 0.15) is 0 Å². The Balaban J connectivity index is 2.69. The zero-order chi connectivity index (χ0) is 10.5. The van der Waals surface area contributed by atoms with Gasteiger partial charge in [0.15, 0.2) is 0 Å². The van der Waals surface area contributed by atoms with Crippen molar-refractivity contribution < 1.29 is 0 Å². The van der Waals surface area contributed by atoms with Crippen molar-refractivity contribution in [3.8, 4) is 0 Å². The molecule has 1 unspecified atom stereocenters. The Labute approximate surface area is 94.2 Å². The topological polar surface area (TPSA) is 26.0 Å². The molecule has 0 saturated heterocycles. The van der Waals surface area contributed by atoms with E-state index in [0.29, 0.717) is 5.02 Å². The van der Waals surface area contributed by atoms with Gasteiger partial charge in [-0.15, -0.1) is 0 Å². The third-order valence-corrected chi connectivity index (χ3v) is 3.41. The van der Waals surface area contributed by atoms with Gasteiger partial charge in [-0.2, -0.15) is 0 Å². The molecule has 0 radical (unpaired) electrons. The zero-order valence-corrected chi connectivity index (χ0v) is 9.78. The van der Waals surface area contributed by atoms with E-state index in [0.717, 1.165) is 22.6 Å². The molecule has 0 amide bonds. The monoisotopic (exact) mass is 229 g/mol. The summed E-state index contributed by atoms with van der Waals surface area (Å²) in [5.74, 6) is 0. The van der Waals surface area contributed by atoms with Crippen molar-refractivity contribution >= 4 is 23.2 Å². The van der Waals surface area contributed by atoms with Gasteiger partial charge >= 0.3 is 0 Å². The molecule has 0 spiro atoms. The van der Waals surface area contributed by atoms with Crippen LogP contribution in [-0.4, -0.2) is 0 Å². The van der Waals surface area contributed by atoms with Gasteiger partial charge in [0.2, 0.25) is 0 Å². The summed E-state index contributed by atoms with van der Waals surface area (Å²) in [5.41, 5.74) is 8.38. The van der Waals surface area contributed by atoms with Crippen LogP contribution in [-0.2, 0) is 5.41 Å². The van der Waals surface area contributed by atoms with Gasteiger partial charge in [0.25, 0.3) is 0 Å². The molecule has 1 aliphatic rings. The molecule has 1 aliphatic carbocycles. The summed E-state index contributed by atoms with van der Waals surface area (Å²) < 4.78 is 0. The summed E-state index contributed by atoms with van der Waals surface area (Å²) >= 11 is 12.1. The number of nitrogens with two attached hydrogens (primary N) is 1. The molecule has 2 N–H and O–H groups in total. The summed E-state index contributed by atoms with van der Waals surface area (Å²) in [6.45, 7) is 4.33. The maximum absolute atomic E-state index is 6.18. The highest BCUT2D eigenvalue weighted by Crippen LogP contribution is 2.47. The van der Waals surface area contributed by atoms with Gasteiger partial charge in [-0.05, 0) is 35.1 Å². The van der Waals surface area contributed by atoms with E-state index in [9.17, 15) is 0 Å². The van der Waals surface area contributed by atoms with E-state index in [-0.39, 0.29) is 11.5 Å². The SMILES string of the molecule is CC1(C)CC(N)c2cc(Cl)cc(Cl)c21. The molecule has 2 rings (SSSR count). The number of hydrogen-bond acceptors (Lipinski definition) is 1. The smallest absolute Gasteiger partial charge is 0.0461 e. The fraction of sp³-hybridized carbons (Fsp3) is 0.455. The molecule has 1 nitrogen and oxygen atoms in total. The summed E-state index contributed by atoms with van der Waals surface area (Å²) in [6.07, 6.45) is 0.933. The molecule has 14 heavy (non-hydrogen) atoms. The maximum atomic E-state index is 6.18. The van der Waals surface area contributed by atoms with Crippen LogP contribution >= 0.6 is 23.2 Å². The highest BCUT2D eigenvalue weighted by molar-refractivity contribution is 6.35. The molecule has 0 bridgehead atoms. The zero-order valence-electron chi connectivity index (χ0n) is 8.27. The van der Waals surface area contributed by atoms with Crippen LogP contribution in [0.25, 0.3) is 0 Å². The Morgan fingerprint density at radius 2 is 2.00 bits per heavy atom. The summed E-state index contributed by atoms with van der Waals surface area (Å²) in [4.78, 5) is 0. The minimum atomic E-state index is 0.0659. The Bertz CT molecular complexity index is 385. The number of halogens is 2. The van der Waals surface area contributed by atoms with Crippen LogP contribution in [0.4, 0.5) is 0 Å². The van der Waals surface area contributed by atoms with Gasteiger partial charge in [0.05, 0.1) is 0 Å². The van der Waals surface area contributed by atoms with Crippen molar-refractivity contribution in [3.63, 3.8) is 0 Å². The minimum Gasteiger partial charge on any atom is -0.324 e. The van der Waals surface area contributed by atoms with E-state index in [1.807, 2.05) is 6.07 Å². The van der Waals surface area contributed by atoms with Crippen LogP contribution in [0.3, 0.4) is 0 Å². The van der Waals surface area contributed by atoms with Crippen LogP contribution in [0, 0.1) is 0 Å². The van der Waals surface area contributed by atoms with E-state index in [1.165, 1.54) is 0 Å². The first-order valence-electron chi connectivity index (χ1n) is 4.67. The van der Waals surface area contributed by atoms with Crippen LogP contribution < -0.4 is 5.73 Å². The Kier molecular flexibility index (Phi) is 2.30. The molecule has 0 aliphatic heterocycles. The molecular formula is C11H13Cl2N. The lowest BCUT2D eigenvalue weighted by Crippen LogP contribution is -2.14. The van der Waals surface area contributed by atoms with Crippen molar-refractivity contribution in [1.82, 2.24) is 0 Å². The lowest BCUT2D eigenvalue weighted by atomic mass is 9.86. The summed E-state index contributed by atoms with van der Waals surface area (Å²) in [5, 5.41) is 1.41. The first-order chi connectivity index (χ1) is 6.42. The molecule has 0 saturated carbocycles. The summed E-state index contributed by atoms with van der Waals surface area (Å²) in [6, 6.07) is 3.79. The van der Waals surface area contributed by atoms with Gasteiger partial charge in [0, 0.05) is 16.1 Å². The fourth-order valence-corrected chi connectivity index (χ4v) is 3.13.